The minimum Gasteiger partial charge on any atom is -0.450 e. The van der Waals surface area contributed by atoms with Crippen LogP contribution in [-0.2, 0) is 22.4 Å². The number of piperidine rings is 1. The summed E-state index contributed by atoms with van der Waals surface area (Å²) >= 11 is 0. The molecule has 0 saturated carbocycles. The van der Waals surface area contributed by atoms with Gasteiger partial charge in [0.05, 0.1) is 24.5 Å². The Morgan fingerprint density at radius 2 is 1.66 bits per heavy atom. The molecule has 32 heavy (non-hydrogen) atoms. The van der Waals surface area contributed by atoms with Crippen LogP contribution >= 0.6 is 12.4 Å². The predicted octanol–water partition coefficient (Wildman–Crippen LogP) is 4.10. The number of ether oxygens (including phenoxy) is 1. The normalized spacial score (nSPS) is 15.2. The summed E-state index contributed by atoms with van der Waals surface area (Å²) in [5, 5.41) is 2.77. The maximum absolute atomic E-state index is 13.6. The van der Waals surface area contributed by atoms with Gasteiger partial charge in [0.25, 0.3) is 0 Å². The molecule has 0 unspecified atom stereocenters. The summed E-state index contributed by atoms with van der Waals surface area (Å²) in [5.74, 6) is 0.0702. The first kappa shape index (κ1) is 25.6. The van der Waals surface area contributed by atoms with Crippen LogP contribution in [0.5, 0.6) is 0 Å². The number of anilines is 3. The minimum atomic E-state index is -0.488. The number of carbonyl (C=O) groups is 2. The van der Waals surface area contributed by atoms with Gasteiger partial charge >= 0.3 is 6.09 Å². The maximum atomic E-state index is 13.6. The summed E-state index contributed by atoms with van der Waals surface area (Å²) in [6.45, 7) is 4.43. The molecule has 0 atom stereocenters. The maximum Gasteiger partial charge on any atom is 0.411 e. The molecule has 7 nitrogen and oxygen atoms in total. The van der Waals surface area contributed by atoms with Gasteiger partial charge in [0.2, 0.25) is 5.91 Å². The predicted molar refractivity (Wildman–Crippen MR) is 129 cm³/mol. The van der Waals surface area contributed by atoms with E-state index in [4.69, 9.17) is 4.74 Å². The molecule has 2 aliphatic rings. The lowest BCUT2D eigenvalue weighted by atomic mass is 10.0. The summed E-state index contributed by atoms with van der Waals surface area (Å²) < 4.78 is 5.01. The van der Waals surface area contributed by atoms with Gasteiger partial charge in [-0.15, -0.1) is 12.4 Å². The van der Waals surface area contributed by atoms with Crippen LogP contribution in [0, 0.1) is 0 Å². The first-order chi connectivity index (χ1) is 14.7. The number of carbonyl (C=O) groups excluding carboxylic acids is 2. The molecule has 0 aromatic heterocycles. The number of rotatable bonds is 4. The number of nitrogens with one attached hydrogen (secondary N) is 1. The number of aryl methyl sites for hydroxylation is 2. The number of amides is 2. The molecule has 2 heterocycles. The molecule has 2 amide bonds. The second-order valence-corrected chi connectivity index (χ2v) is 7.88. The van der Waals surface area contributed by atoms with Gasteiger partial charge in [0.1, 0.15) is 0 Å². The second kappa shape index (κ2) is 11.9. The summed E-state index contributed by atoms with van der Waals surface area (Å²) in [7, 11) is 0. The Morgan fingerprint density at radius 1 is 0.969 bits per heavy atom. The first-order valence-electron chi connectivity index (χ1n) is 10.9. The van der Waals surface area contributed by atoms with Gasteiger partial charge < -0.3 is 10.2 Å². The number of hydrogen-bond donors (Lipinski definition) is 1. The van der Waals surface area contributed by atoms with Crippen LogP contribution in [0.4, 0.5) is 21.9 Å². The fourth-order valence-corrected chi connectivity index (χ4v) is 4.33. The van der Waals surface area contributed by atoms with Gasteiger partial charge in [-0.3, -0.25) is 19.9 Å². The van der Waals surface area contributed by atoms with Crippen molar-refractivity contribution < 1.29 is 19.8 Å². The second-order valence-electron chi connectivity index (χ2n) is 7.88. The van der Waals surface area contributed by atoms with Crippen LogP contribution in [0.15, 0.2) is 42.5 Å². The lowest BCUT2D eigenvalue weighted by Gasteiger charge is -2.30. The van der Waals surface area contributed by atoms with Crippen molar-refractivity contribution in [2.24, 2.45) is 0 Å². The number of fused-ring (bicyclic) bond motifs is 2. The Bertz CT molecular complexity index is 931. The average Bonchev–Trinajstić information content (AvgIpc) is 2.91. The first-order valence-corrected chi connectivity index (χ1v) is 10.9. The molecular formula is C24H32ClN3O4. The number of benzene rings is 2. The Hall–Kier alpha value is -2.61. The van der Waals surface area contributed by atoms with Crippen LogP contribution in [0.25, 0.3) is 0 Å². The quantitative estimate of drug-likeness (QED) is 0.741. The van der Waals surface area contributed by atoms with E-state index < -0.39 is 6.09 Å². The molecule has 0 aliphatic carbocycles. The van der Waals surface area contributed by atoms with Crippen molar-refractivity contribution in [3.63, 3.8) is 0 Å². The number of nitrogens with zero attached hydrogens (tertiary/aromatic N) is 2. The minimum absolute atomic E-state index is 0. The standard InChI is InChI=1S/C24H29N3O3.ClH.H2O/c1-2-30-24(29)25-20-13-12-19-11-10-18-8-4-5-9-21(18)27(22(19)16-20)23(28)17-26-14-6-3-7-15-26;;/h4-5,8-9,12-13,16H,2-3,6-7,10-11,14-15,17H2,1H3,(H,25,29);1H;1H2. The third-order valence-electron chi connectivity index (χ3n) is 5.80. The van der Waals surface area contributed by atoms with Crippen molar-refractivity contribution >= 4 is 41.5 Å². The number of halogens is 1. The van der Waals surface area contributed by atoms with E-state index in [0.717, 1.165) is 55.7 Å². The van der Waals surface area contributed by atoms with Crippen molar-refractivity contribution in [3.8, 4) is 0 Å². The fraction of sp³-hybridized carbons (Fsp3) is 0.417. The van der Waals surface area contributed by atoms with Gasteiger partial charge in [-0.2, -0.15) is 0 Å². The lowest BCUT2D eigenvalue weighted by molar-refractivity contribution is -0.119. The fourth-order valence-electron chi connectivity index (χ4n) is 4.33. The highest BCUT2D eigenvalue weighted by Crippen LogP contribution is 2.37. The van der Waals surface area contributed by atoms with Crippen LogP contribution in [0.2, 0.25) is 0 Å². The zero-order valence-electron chi connectivity index (χ0n) is 18.4. The Kier molecular flexibility index (Phi) is 9.50. The molecular weight excluding hydrogens is 430 g/mol. The zero-order valence-corrected chi connectivity index (χ0v) is 19.2. The van der Waals surface area contributed by atoms with Gasteiger partial charge in [0, 0.05) is 5.69 Å². The largest absolute Gasteiger partial charge is 0.450 e. The Balaban J connectivity index is 0.00000181. The highest BCUT2D eigenvalue weighted by atomic mass is 35.5. The molecule has 4 rings (SSSR count). The van der Waals surface area contributed by atoms with Crippen molar-refractivity contribution in [3.05, 3.63) is 53.6 Å². The highest BCUT2D eigenvalue weighted by Gasteiger charge is 2.27. The third-order valence-corrected chi connectivity index (χ3v) is 5.80. The lowest BCUT2D eigenvalue weighted by Crippen LogP contribution is -2.40. The van der Waals surface area contributed by atoms with E-state index in [0.29, 0.717) is 18.8 Å². The van der Waals surface area contributed by atoms with E-state index in [1.54, 1.807) is 6.92 Å². The number of para-hydroxylation sites is 1. The topological polar surface area (TPSA) is 93.4 Å². The monoisotopic (exact) mass is 461 g/mol. The average molecular weight is 462 g/mol. The molecule has 1 fully saturated rings. The van der Waals surface area contributed by atoms with Gasteiger partial charge in [-0.25, -0.2) is 4.79 Å². The summed E-state index contributed by atoms with van der Waals surface area (Å²) in [5.41, 5.74) is 4.68. The molecule has 8 heteroatoms. The van der Waals surface area contributed by atoms with E-state index in [2.05, 4.69) is 16.3 Å². The van der Waals surface area contributed by atoms with Gasteiger partial charge in [0.15, 0.2) is 0 Å². The van der Waals surface area contributed by atoms with E-state index in [-0.39, 0.29) is 23.8 Å². The SMILES string of the molecule is CCOC(=O)Nc1ccc2c(c1)N(C(=O)CN1CCCCC1)c1ccccc1CC2.Cl.O. The number of likely N-dealkylation sites (tertiary alicyclic amines) is 1. The van der Waals surface area contributed by atoms with Crippen molar-refractivity contribution in [1.82, 2.24) is 4.90 Å². The van der Waals surface area contributed by atoms with Crippen LogP contribution < -0.4 is 10.2 Å². The zero-order chi connectivity index (χ0) is 20.9. The molecule has 0 spiro atoms. The van der Waals surface area contributed by atoms with Crippen LogP contribution in [0.1, 0.15) is 37.3 Å². The Labute approximate surface area is 195 Å². The van der Waals surface area contributed by atoms with Gasteiger partial charge in [-0.1, -0.05) is 30.7 Å². The molecule has 0 radical (unpaired) electrons. The molecule has 2 aliphatic heterocycles. The van der Waals surface area contributed by atoms with Crippen LogP contribution in [-0.4, -0.2) is 48.6 Å². The van der Waals surface area contributed by atoms with E-state index >= 15 is 0 Å². The summed E-state index contributed by atoms with van der Waals surface area (Å²) in [6, 6.07) is 13.9. The molecule has 174 valence electrons. The molecule has 0 bridgehead atoms. The summed E-state index contributed by atoms with van der Waals surface area (Å²) in [6.07, 6.45) is 4.77. The van der Waals surface area contributed by atoms with Gasteiger partial charge in [-0.05, 0) is 75.0 Å². The number of hydrogen-bond acceptors (Lipinski definition) is 4. The molecule has 1 saturated heterocycles. The van der Waals surface area contributed by atoms with Crippen LogP contribution in [0.3, 0.4) is 0 Å². The highest BCUT2D eigenvalue weighted by molar-refractivity contribution is 6.04. The molecule has 2 aromatic carbocycles. The molecule has 3 N–H and O–H groups in total. The van der Waals surface area contributed by atoms with E-state index in [1.165, 1.54) is 12.0 Å². The smallest absolute Gasteiger partial charge is 0.411 e. The summed E-state index contributed by atoms with van der Waals surface area (Å²) in [4.78, 5) is 29.6. The van der Waals surface area contributed by atoms with Crippen molar-refractivity contribution in [2.75, 3.05) is 36.5 Å². The third kappa shape index (κ3) is 5.79. The Morgan fingerprint density at radius 3 is 2.38 bits per heavy atom. The molecule has 2 aromatic rings. The van der Waals surface area contributed by atoms with E-state index in [1.807, 2.05) is 41.3 Å². The van der Waals surface area contributed by atoms with Crippen molar-refractivity contribution in [2.45, 2.75) is 39.0 Å². The van der Waals surface area contributed by atoms with E-state index in [9.17, 15) is 9.59 Å². The van der Waals surface area contributed by atoms with Crippen molar-refractivity contribution in [1.29, 1.82) is 0 Å².